The van der Waals surface area contributed by atoms with Gasteiger partial charge in [0.15, 0.2) is 9.84 Å². The lowest BCUT2D eigenvalue weighted by atomic mass is 9.95. The standard InChI is InChI=1S/C14H20BrNO3S/c1-4-14(5-2,10-15)16-13(17)11-6-8-12(9-7-11)20(3,18)19/h6-9H,4-5,10H2,1-3H3,(H,16,17). The predicted molar refractivity (Wildman–Crippen MR) is 84.1 cm³/mol. The highest BCUT2D eigenvalue weighted by molar-refractivity contribution is 9.09. The van der Waals surface area contributed by atoms with Crippen LogP contribution in [0.3, 0.4) is 0 Å². The maximum absolute atomic E-state index is 12.2. The van der Waals surface area contributed by atoms with Crippen molar-refractivity contribution in [3.63, 3.8) is 0 Å². The zero-order chi connectivity index (χ0) is 15.4. The van der Waals surface area contributed by atoms with Crippen LogP contribution in [0.5, 0.6) is 0 Å². The molecule has 0 heterocycles. The van der Waals surface area contributed by atoms with Gasteiger partial charge in [0, 0.05) is 22.7 Å². The molecule has 0 radical (unpaired) electrons. The largest absolute Gasteiger partial charge is 0.346 e. The van der Waals surface area contributed by atoms with Crippen molar-refractivity contribution in [2.75, 3.05) is 11.6 Å². The number of sulfone groups is 1. The van der Waals surface area contributed by atoms with Crippen LogP contribution in [0, 0.1) is 0 Å². The van der Waals surface area contributed by atoms with Crippen molar-refractivity contribution >= 4 is 31.7 Å². The Morgan fingerprint density at radius 3 is 2.05 bits per heavy atom. The van der Waals surface area contributed by atoms with Crippen molar-refractivity contribution in [3.8, 4) is 0 Å². The molecule has 0 unspecified atom stereocenters. The molecule has 1 aromatic rings. The van der Waals surface area contributed by atoms with Crippen LogP contribution in [-0.2, 0) is 9.84 Å². The van der Waals surface area contributed by atoms with Gasteiger partial charge in [0.25, 0.3) is 5.91 Å². The average Bonchev–Trinajstić information content (AvgIpc) is 2.44. The van der Waals surface area contributed by atoms with Crippen molar-refractivity contribution in [2.24, 2.45) is 0 Å². The summed E-state index contributed by atoms with van der Waals surface area (Å²) < 4.78 is 22.8. The van der Waals surface area contributed by atoms with Crippen LogP contribution in [0.15, 0.2) is 29.2 Å². The topological polar surface area (TPSA) is 63.2 Å². The predicted octanol–water partition coefficient (Wildman–Crippen LogP) is 2.77. The number of carbonyl (C=O) groups is 1. The first-order valence-corrected chi connectivity index (χ1v) is 9.48. The summed E-state index contributed by atoms with van der Waals surface area (Å²) in [6.07, 6.45) is 2.79. The second-order valence-corrected chi connectivity index (χ2v) is 7.45. The molecule has 0 aliphatic rings. The van der Waals surface area contributed by atoms with Gasteiger partial charge in [-0.3, -0.25) is 4.79 Å². The molecule has 0 fully saturated rings. The fourth-order valence-corrected chi connectivity index (χ4v) is 3.38. The van der Waals surface area contributed by atoms with E-state index in [0.29, 0.717) is 10.9 Å². The van der Waals surface area contributed by atoms with Gasteiger partial charge >= 0.3 is 0 Å². The Balaban J connectivity index is 2.94. The van der Waals surface area contributed by atoms with E-state index in [1.54, 1.807) is 0 Å². The second kappa shape index (κ2) is 6.72. The summed E-state index contributed by atoms with van der Waals surface area (Å²) in [4.78, 5) is 12.4. The Bertz CT molecular complexity index is 554. The molecule has 0 bridgehead atoms. The minimum Gasteiger partial charge on any atom is -0.346 e. The molecule has 20 heavy (non-hydrogen) atoms. The SMILES string of the molecule is CCC(CC)(CBr)NC(=O)c1ccc(S(C)(=O)=O)cc1. The minimum atomic E-state index is -3.23. The van der Waals surface area contributed by atoms with Gasteiger partial charge in [0.2, 0.25) is 0 Å². The van der Waals surface area contributed by atoms with Gasteiger partial charge in [0.05, 0.1) is 4.90 Å². The molecule has 1 rings (SSSR count). The van der Waals surface area contributed by atoms with Crippen molar-refractivity contribution in [1.29, 1.82) is 0 Å². The van der Waals surface area contributed by atoms with E-state index in [0.717, 1.165) is 19.1 Å². The van der Waals surface area contributed by atoms with Crippen molar-refractivity contribution in [2.45, 2.75) is 37.1 Å². The van der Waals surface area contributed by atoms with Gasteiger partial charge in [-0.1, -0.05) is 29.8 Å². The molecule has 1 amide bonds. The fraction of sp³-hybridized carbons (Fsp3) is 0.500. The number of benzene rings is 1. The highest BCUT2D eigenvalue weighted by Crippen LogP contribution is 2.19. The van der Waals surface area contributed by atoms with Crippen LogP contribution in [0.4, 0.5) is 0 Å². The summed E-state index contributed by atoms with van der Waals surface area (Å²) in [6, 6.07) is 5.99. The Hall–Kier alpha value is -0.880. The number of rotatable bonds is 6. The monoisotopic (exact) mass is 361 g/mol. The van der Waals surface area contributed by atoms with Crippen molar-refractivity contribution < 1.29 is 13.2 Å². The van der Waals surface area contributed by atoms with Gasteiger partial charge < -0.3 is 5.32 Å². The maximum atomic E-state index is 12.2. The number of hydrogen-bond acceptors (Lipinski definition) is 3. The van der Waals surface area contributed by atoms with E-state index in [-0.39, 0.29) is 16.3 Å². The lowest BCUT2D eigenvalue weighted by molar-refractivity contribution is 0.0903. The van der Waals surface area contributed by atoms with E-state index in [1.807, 2.05) is 13.8 Å². The average molecular weight is 362 g/mol. The zero-order valence-corrected chi connectivity index (χ0v) is 14.3. The lowest BCUT2D eigenvalue weighted by Crippen LogP contribution is -2.49. The van der Waals surface area contributed by atoms with Crippen molar-refractivity contribution in [3.05, 3.63) is 29.8 Å². The summed E-state index contributed by atoms with van der Waals surface area (Å²) >= 11 is 3.44. The van der Waals surface area contributed by atoms with Crippen LogP contribution in [-0.4, -0.2) is 31.4 Å². The van der Waals surface area contributed by atoms with E-state index >= 15 is 0 Å². The smallest absolute Gasteiger partial charge is 0.251 e. The maximum Gasteiger partial charge on any atom is 0.251 e. The van der Waals surface area contributed by atoms with E-state index in [4.69, 9.17) is 0 Å². The third-order valence-electron chi connectivity index (χ3n) is 3.53. The summed E-state index contributed by atoms with van der Waals surface area (Å²) in [5.74, 6) is -0.187. The van der Waals surface area contributed by atoms with E-state index < -0.39 is 9.84 Å². The Kier molecular flexibility index (Phi) is 5.77. The molecule has 1 N–H and O–H groups in total. The third-order valence-corrected chi connectivity index (χ3v) is 5.73. The van der Waals surface area contributed by atoms with Gasteiger partial charge in [0.1, 0.15) is 0 Å². The quantitative estimate of drug-likeness (QED) is 0.792. The normalized spacial score (nSPS) is 12.2. The van der Waals surface area contributed by atoms with Crippen LogP contribution < -0.4 is 5.32 Å². The van der Waals surface area contributed by atoms with Crippen molar-refractivity contribution in [1.82, 2.24) is 5.32 Å². The highest BCUT2D eigenvalue weighted by Gasteiger charge is 2.27. The lowest BCUT2D eigenvalue weighted by Gasteiger charge is -2.30. The molecule has 0 aliphatic heterocycles. The summed E-state index contributed by atoms with van der Waals surface area (Å²) in [6.45, 7) is 4.05. The van der Waals surface area contributed by atoms with Gasteiger partial charge in [-0.15, -0.1) is 0 Å². The molecular formula is C14H20BrNO3S. The summed E-state index contributed by atoms with van der Waals surface area (Å²) in [7, 11) is -3.23. The molecule has 0 spiro atoms. The molecule has 0 saturated carbocycles. The van der Waals surface area contributed by atoms with Gasteiger partial charge in [-0.25, -0.2) is 8.42 Å². The molecular weight excluding hydrogens is 342 g/mol. The fourth-order valence-electron chi connectivity index (χ4n) is 1.82. The molecule has 0 atom stereocenters. The number of carbonyl (C=O) groups excluding carboxylic acids is 1. The van der Waals surface area contributed by atoms with Gasteiger partial charge in [-0.05, 0) is 37.1 Å². The molecule has 6 heteroatoms. The van der Waals surface area contributed by atoms with Crippen LogP contribution >= 0.6 is 15.9 Å². The first-order chi connectivity index (χ1) is 9.28. The number of halogens is 1. The molecule has 0 saturated heterocycles. The van der Waals surface area contributed by atoms with Crippen LogP contribution in [0.2, 0.25) is 0 Å². The minimum absolute atomic E-state index is 0.187. The van der Waals surface area contributed by atoms with Gasteiger partial charge in [-0.2, -0.15) is 0 Å². The second-order valence-electron chi connectivity index (χ2n) is 4.87. The van der Waals surface area contributed by atoms with Crippen LogP contribution in [0.25, 0.3) is 0 Å². The Labute approximate surface area is 129 Å². The number of amides is 1. The first-order valence-electron chi connectivity index (χ1n) is 6.46. The van der Waals surface area contributed by atoms with Crippen LogP contribution in [0.1, 0.15) is 37.0 Å². The highest BCUT2D eigenvalue weighted by atomic mass is 79.9. The number of hydrogen-bond donors (Lipinski definition) is 1. The number of nitrogens with one attached hydrogen (secondary N) is 1. The summed E-state index contributed by atoms with van der Waals surface area (Å²) in [5, 5.41) is 3.70. The molecule has 112 valence electrons. The Morgan fingerprint density at radius 2 is 1.70 bits per heavy atom. The van der Waals surface area contributed by atoms with E-state index in [2.05, 4.69) is 21.2 Å². The molecule has 1 aromatic carbocycles. The Morgan fingerprint density at radius 1 is 1.20 bits per heavy atom. The zero-order valence-electron chi connectivity index (χ0n) is 11.9. The van der Waals surface area contributed by atoms with E-state index in [1.165, 1.54) is 24.3 Å². The first kappa shape index (κ1) is 17.2. The summed E-state index contributed by atoms with van der Waals surface area (Å²) in [5.41, 5.74) is 0.191. The molecule has 4 nitrogen and oxygen atoms in total. The third kappa shape index (κ3) is 4.06. The molecule has 0 aliphatic carbocycles. The van der Waals surface area contributed by atoms with E-state index in [9.17, 15) is 13.2 Å². The number of alkyl halides is 1. The molecule has 0 aromatic heterocycles.